The number of hydrogen-bond donors (Lipinski definition) is 2. The Morgan fingerprint density at radius 3 is 2.53 bits per heavy atom. The van der Waals surface area contributed by atoms with Gasteiger partial charge in [0.05, 0.1) is 16.8 Å². The summed E-state index contributed by atoms with van der Waals surface area (Å²) in [7, 11) is -3.59. The lowest BCUT2D eigenvalue weighted by atomic mass is 10.2. The smallest absolute Gasteiger partial charge is 0.266 e. The first-order chi connectivity index (χ1) is 6.79. The minimum atomic E-state index is -3.59. The van der Waals surface area contributed by atoms with Crippen LogP contribution in [0.3, 0.4) is 0 Å². The van der Waals surface area contributed by atoms with Gasteiger partial charge in [-0.2, -0.15) is 0 Å². The van der Waals surface area contributed by atoms with Crippen LogP contribution in [0.15, 0.2) is 18.2 Å². The molecule has 0 bridgehead atoms. The zero-order chi connectivity index (χ0) is 11.6. The normalized spacial score (nSPS) is 11.1. The molecule has 1 aromatic carbocycles. The first-order valence-corrected chi connectivity index (χ1v) is 6.13. The number of rotatable bonds is 2. The standard InChI is InChI=1S/C8H9ClN2O3S/c1-15(13,14)11-8(12)6-3-2-5(10)4-7(6)9/h2-4H,10H2,1H3,(H,11,12). The maximum atomic E-state index is 11.4. The van der Waals surface area contributed by atoms with Crippen molar-refractivity contribution in [2.24, 2.45) is 0 Å². The fraction of sp³-hybridized carbons (Fsp3) is 0.125. The van der Waals surface area contributed by atoms with Gasteiger partial charge in [-0.3, -0.25) is 4.79 Å². The molecule has 3 N–H and O–H groups in total. The molecule has 0 unspecified atom stereocenters. The van der Waals surface area contributed by atoms with Crippen molar-refractivity contribution in [3.05, 3.63) is 28.8 Å². The molecule has 0 aliphatic carbocycles. The van der Waals surface area contributed by atoms with Crippen LogP contribution in [0, 0.1) is 0 Å². The summed E-state index contributed by atoms with van der Waals surface area (Å²) in [6.45, 7) is 0. The van der Waals surface area contributed by atoms with Gasteiger partial charge in [0.15, 0.2) is 0 Å². The highest BCUT2D eigenvalue weighted by Gasteiger charge is 2.14. The summed E-state index contributed by atoms with van der Waals surface area (Å²) in [6, 6.07) is 4.19. The number of anilines is 1. The molecule has 0 atom stereocenters. The van der Waals surface area contributed by atoms with Gasteiger partial charge in [-0.1, -0.05) is 11.6 Å². The number of hydrogen-bond acceptors (Lipinski definition) is 4. The van der Waals surface area contributed by atoms with Crippen LogP contribution in [0.5, 0.6) is 0 Å². The molecule has 0 aromatic heterocycles. The molecule has 0 fully saturated rings. The average Bonchev–Trinajstić information content (AvgIpc) is 1.99. The van der Waals surface area contributed by atoms with E-state index in [1.807, 2.05) is 0 Å². The zero-order valence-electron chi connectivity index (χ0n) is 7.82. The van der Waals surface area contributed by atoms with Gasteiger partial charge in [-0.15, -0.1) is 0 Å². The molecule has 1 aromatic rings. The largest absolute Gasteiger partial charge is 0.399 e. The predicted molar refractivity (Wildman–Crippen MR) is 58.2 cm³/mol. The van der Waals surface area contributed by atoms with Crippen molar-refractivity contribution >= 4 is 33.2 Å². The first kappa shape index (κ1) is 11.8. The van der Waals surface area contributed by atoms with Crippen molar-refractivity contribution in [1.29, 1.82) is 0 Å². The van der Waals surface area contributed by atoms with E-state index in [1.54, 1.807) is 4.72 Å². The summed E-state index contributed by atoms with van der Waals surface area (Å²) in [6.07, 6.45) is 0.885. The summed E-state index contributed by atoms with van der Waals surface area (Å²) in [5.74, 6) is -0.775. The highest BCUT2D eigenvalue weighted by Crippen LogP contribution is 2.18. The lowest BCUT2D eigenvalue weighted by molar-refractivity contribution is 0.0982. The molecule has 1 amide bonds. The van der Waals surface area contributed by atoms with Crippen molar-refractivity contribution in [3.8, 4) is 0 Å². The SMILES string of the molecule is CS(=O)(=O)NC(=O)c1ccc(N)cc1Cl. The summed E-state index contributed by atoms with van der Waals surface area (Å²) in [5, 5.41) is 0.108. The fourth-order valence-electron chi connectivity index (χ4n) is 0.939. The topological polar surface area (TPSA) is 89.3 Å². The Labute approximate surface area is 92.3 Å². The number of halogens is 1. The van der Waals surface area contributed by atoms with Gasteiger partial charge < -0.3 is 5.73 Å². The number of nitrogens with one attached hydrogen (secondary N) is 1. The first-order valence-electron chi connectivity index (χ1n) is 3.87. The summed E-state index contributed by atoms with van der Waals surface area (Å²) < 4.78 is 23.4. The Morgan fingerprint density at radius 1 is 1.47 bits per heavy atom. The zero-order valence-corrected chi connectivity index (χ0v) is 9.39. The summed E-state index contributed by atoms with van der Waals surface area (Å²) in [5.41, 5.74) is 5.89. The van der Waals surface area contributed by atoms with Crippen molar-refractivity contribution in [3.63, 3.8) is 0 Å². The molecule has 0 spiro atoms. The molecule has 7 heteroatoms. The maximum Gasteiger partial charge on any atom is 0.266 e. The number of nitrogen functional groups attached to an aromatic ring is 1. The van der Waals surface area contributed by atoms with Crippen molar-refractivity contribution in [1.82, 2.24) is 4.72 Å². The number of nitrogens with two attached hydrogens (primary N) is 1. The second-order valence-electron chi connectivity index (χ2n) is 2.94. The number of carbonyl (C=O) groups excluding carboxylic acids is 1. The molecule has 0 saturated carbocycles. The van der Waals surface area contributed by atoms with E-state index in [2.05, 4.69) is 0 Å². The molecule has 1 rings (SSSR count). The Bertz CT molecular complexity index is 499. The minimum absolute atomic E-state index is 0.0660. The molecular formula is C8H9ClN2O3S. The molecule has 5 nitrogen and oxygen atoms in total. The van der Waals surface area contributed by atoms with E-state index in [9.17, 15) is 13.2 Å². The third kappa shape index (κ3) is 3.41. The van der Waals surface area contributed by atoms with Crippen LogP contribution in [-0.2, 0) is 10.0 Å². The van der Waals surface area contributed by atoms with Gasteiger partial charge in [-0.05, 0) is 18.2 Å². The number of amides is 1. The van der Waals surface area contributed by atoms with Crippen LogP contribution in [-0.4, -0.2) is 20.6 Å². The van der Waals surface area contributed by atoms with Crippen molar-refractivity contribution in [2.45, 2.75) is 0 Å². The second kappa shape index (κ2) is 4.08. The van der Waals surface area contributed by atoms with E-state index in [0.717, 1.165) is 6.26 Å². The molecule has 0 radical (unpaired) electrons. The van der Waals surface area contributed by atoms with E-state index in [1.165, 1.54) is 18.2 Å². The molecule has 0 aliphatic heterocycles. The number of benzene rings is 1. The van der Waals surface area contributed by atoms with Gasteiger partial charge in [0, 0.05) is 5.69 Å². The maximum absolute atomic E-state index is 11.4. The third-order valence-corrected chi connectivity index (χ3v) is 2.38. The minimum Gasteiger partial charge on any atom is -0.399 e. The lowest BCUT2D eigenvalue weighted by Gasteiger charge is -2.05. The quantitative estimate of drug-likeness (QED) is 0.751. The van der Waals surface area contributed by atoms with Gasteiger partial charge in [0.2, 0.25) is 10.0 Å². The third-order valence-electron chi connectivity index (χ3n) is 1.52. The van der Waals surface area contributed by atoms with Gasteiger partial charge in [-0.25, -0.2) is 13.1 Å². The Balaban J connectivity index is 3.02. The van der Waals surface area contributed by atoms with Crippen LogP contribution < -0.4 is 10.5 Å². The van der Waals surface area contributed by atoms with Crippen LogP contribution in [0.25, 0.3) is 0 Å². The van der Waals surface area contributed by atoms with Gasteiger partial charge in [0.1, 0.15) is 0 Å². The van der Waals surface area contributed by atoms with E-state index >= 15 is 0 Å². The lowest BCUT2D eigenvalue weighted by Crippen LogP contribution is -2.29. The number of carbonyl (C=O) groups is 1. The van der Waals surface area contributed by atoms with Crippen LogP contribution in [0.4, 0.5) is 5.69 Å². The van der Waals surface area contributed by atoms with Gasteiger partial charge in [0.25, 0.3) is 5.91 Å². The highest BCUT2D eigenvalue weighted by molar-refractivity contribution is 7.89. The second-order valence-corrected chi connectivity index (χ2v) is 5.10. The molecule has 0 aliphatic rings. The van der Waals surface area contributed by atoms with Crippen LogP contribution >= 0.6 is 11.6 Å². The average molecular weight is 249 g/mol. The molecule has 15 heavy (non-hydrogen) atoms. The Hall–Kier alpha value is -1.27. The van der Waals surface area contributed by atoms with E-state index in [4.69, 9.17) is 17.3 Å². The van der Waals surface area contributed by atoms with Crippen molar-refractivity contribution in [2.75, 3.05) is 12.0 Å². The van der Waals surface area contributed by atoms with Gasteiger partial charge >= 0.3 is 0 Å². The monoisotopic (exact) mass is 248 g/mol. The molecule has 0 heterocycles. The molecule has 82 valence electrons. The number of sulfonamides is 1. The Morgan fingerprint density at radius 2 is 2.07 bits per heavy atom. The van der Waals surface area contributed by atoms with E-state index in [0.29, 0.717) is 5.69 Å². The van der Waals surface area contributed by atoms with Crippen LogP contribution in [0.1, 0.15) is 10.4 Å². The Kier molecular flexibility index (Phi) is 3.21. The fourth-order valence-corrected chi connectivity index (χ4v) is 1.66. The molecular weight excluding hydrogens is 240 g/mol. The van der Waals surface area contributed by atoms with Crippen LogP contribution in [0.2, 0.25) is 5.02 Å². The summed E-state index contributed by atoms with van der Waals surface area (Å²) in [4.78, 5) is 11.4. The van der Waals surface area contributed by atoms with E-state index < -0.39 is 15.9 Å². The predicted octanol–water partition coefficient (Wildman–Crippen LogP) is 0.612. The summed E-state index contributed by atoms with van der Waals surface area (Å²) >= 11 is 5.72. The highest BCUT2D eigenvalue weighted by atomic mass is 35.5. The molecule has 0 saturated heterocycles. The van der Waals surface area contributed by atoms with Crippen molar-refractivity contribution < 1.29 is 13.2 Å². The van der Waals surface area contributed by atoms with E-state index in [-0.39, 0.29) is 10.6 Å².